The summed E-state index contributed by atoms with van der Waals surface area (Å²) in [5, 5.41) is 22.9. The summed E-state index contributed by atoms with van der Waals surface area (Å²) in [6, 6.07) is 15.9. The van der Waals surface area contributed by atoms with Crippen molar-refractivity contribution in [1.29, 1.82) is 0 Å². The maximum Gasteiger partial charge on any atom is 0.254 e. The molecule has 1 amide bonds. The molecule has 108 valence electrons. The van der Waals surface area contributed by atoms with Crippen molar-refractivity contribution in [3.63, 3.8) is 0 Å². The van der Waals surface area contributed by atoms with Crippen molar-refractivity contribution in [3.8, 4) is 0 Å². The zero-order valence-corrected chi connectivity index (χ0v) is 11.4. The van der Waals surface area contributed by atoms with Crippen LogP contribution in [0, 0.1) is 0 Å². The summed E-state index contributed by atoms with van der Waals surface area (Å²) >= 11 is 0. The van der Waals surface area contributed by atoms with Crippen LogP contribution in [0.3, 0.4) is 0 Å². The van der Waals surface area contributed by atoms with Crippen molar-refractivity contribution in [2.24, 2.45) is 0 Å². The van der Waals surface area contributed by atoms with Crippen LogP contribution in [0.25, 0.3) is 0 Å². The van der Waals surface area contributed by atoms with E-state index in [1.54, 1.807) is 24.3 Å². The van der Waals surface area contributed by atoms with Crippen LogP contribution in [-0.4, -0.2) is 22.2 Å². The molecule has 0 fully saturated rings. The van der Waals surface area contributed by atoms with Gasteiger partial charge in [-0.3, -0.25) is 4.79 Å². The van der Waals surface area contributed by atoms with Gasteiger partial charge in [-0.15, -0.1) is 0 Å². The van der Waals surface area contributed by atoms with Crippen LogP contribution in [-0.2, 0) is 11.2 Å². The van der Waals surface area contributed by atoms with Gasteiger partial charge in [-0.25, -0.2) is 0 Å². The largest absolute Gasteiger partial charge is 0.390 e. The Balaban J connectivity index is 1.76. The normalized spacial score (nSPS) is 21.6. The van der Waals surface area contributed by atoms with Gasteiger partial charge in [0.25, 0.3) is 5.91 Å². The Morgan fingerprint density at radius 2 is 1.76 bits per heavy atom. The fourth-order valence-electron chi connectivity index (χ4n) is 2.77. The number of nitrogens with one attached hydrogen (secondary N) is 1. The zero-order chi connectivity index (χ0) is 14.8. The molecule has 0 heterocycles. The first kappa shape index (κ1) is 13.8. The lowest BCUT2D eigenvalue weighted by Crippen LogP contribution is -2.37. The molecule has 0 aliphatic heterocycles. The van der Waals surface area contributed by atoms with Crippen molar-refractivity contribution in [2.45, 2.75) is 24.7 Å². The van der Waals surface area contributed by atoms with Crippen molar-refractivity contribution in [2.75, 3.05) is 0 Å². The fourth-order valence-corrected chi connectivity index (χ4v) is 2.77. The summed E-state index contributed by atoms with van der Waals surface area (Å²) in [4.78, 5) is 12.2. The molecular weight excluding hydrogens is 266 g/mol. The van der Waals surface area contributed by atoms with E-state index in [1.807, 2.05) is 30.3 Å². The monoisotopic (exact) mass is 283 g/mol. The summed E-state index contributed by atoms with van der Waals surface area (Å²) in [5.74, 6) is -0.498. The number of amides is 1. The molecule has 4 nitrogen and oxygen atoms in total. The van der Waals surface area contributed by atoms with Crippen LogP contribution in [0.1, 0.15) is 28.8 Å². The highest BCUT2D eigenvalue weighted by molar-refractivity contribution is 5.82. The molecule has 0 saturated carbocycles. The maximum atomic E-state index is 12.2. The Bertz CT molecular complexity index is 641. The van der Waals surface area contributed by atoms with Crippen molar-refractivity contribution in [3.05, 3.63) is 71.3 Å². The van der Waals surface area contributed by atoms with Crippen LogP contribution in [0.4, 0.5) is 0 Å². The van der Waals surface area contributed by atoms with Crippen molar-refractivity contribution >= 4 is 5.91 Å². The number of aliphatic hydroxyl groups excluding tert-OH is 2. The minimum absolute atomic E-state index is 0.466. The minimum Gasteiger partial charge on any atom is -0.390 e. The second-order valence-electron chi connectivity index (χ2n) is 5.27. The highest BCUT2D eigenvalue weighted by atomic mass is 16.3. The van der Waals surface area contributed by atoms with Crippen LogP contribution < -0.4 is 5.32 Å². The molecule has 21 heavy (non-hydrogen) atoms. The lowest BCUT2D eigenvalue weighted by atomic mass is 10.1. The molecule has 4 heteroatoms. The fraction of sp³-hybridized carbons (Fsp3) is 0.235. The Hall–Kier alpha value is -2.17. The number of aliphatic hydroxyl groups is 2. The first-order chi connectivity index (χ1) is 10.2. The second kappa shape index (κ2) is 5.68. The van der Waals surface area contributed by atoms with Crippen molar-refractivity contribution in [1.82, 2.24) is 5.32 Å². The summed E-state index contributed by atoms with van der Waals surface area (Å²) in [6.45, 7) is 0. The van der Waals surface area contributed by atoms with E-state index >= 15 is 0 Å². The van der Waals surface area contributed by atoms with Crippen molar-refractivity contribution < 1.29 is 15.0 Å². The maximum absolute atomic E-state index is 12.2. The predicted octanol–water partition coefficient (Wildman–Crippen LogP) is 1.49. The van der Waals surface area contributed by atoms with E-state index in [9.17, 15) is 15.0 Å². The highest BCUT2D eigenvalue weighted by Crippen LogP contribution is 2.31. The second-order valence-corrected chi connectivity index (χ2v) is 5.27. The molecule has 1 aliphatic rings. The molecule has 3 atom stereocenters. The van der Waals surface area contributed by atoms with Gasteiger partial charge in [0.15, 0.2) is 6.10 Å². The van der Waals surface area contributed by atoms with Gasteiger partial charge in [0.1, 0.15) is 0 Å². The summed E-state index contributed by atoms with van der Waals surface area (Å²) in [5.41, 5.74) is 2.49. The molecule has 3 N–H and O–H groups in total. The van der Waals surface area contributed by atoms with Crippen LogP contribution >= 0.6 is 0 Å². The van der Waals surface area contributed by atoms with Gasteiger partial charge >= 0.3 is 0 Å². The summed E-state index contributed by atoms with van der Waals surface area (Å²) < 4.78 is 0. The molecule has 3 rings (SSSR count). The average Bonchev–Trinajstić information content (AvgIpc) is 2.83. The molecule has 0 saturated heterocycles. The van der Waals surface area contributed by atoms with E-state index in [0.717, 1.165) is 11.1 Å². The summed E-state index contributed by atoms with van der Waals surface area (Å²) in [6.07, 6.45) is -1.37. The number of hydrogen-bond acceptors (Lipinski definition) is 3. The standard InChI is InChI=1S/C17H17NO3/c19-14-10-12-8-4-5-9-13(12)15(14)18-17(21)16(20)11-6-2-1-3-7-11/h1-9,14-16,19-20H,10H2,(H,18,21)/t14-,15-,16-/m1/s1. The van der Waals surface area contributed by atoms with Gasteiger partial charge in [-0.2, -0.15) is 0 Å². The molecule has 2 aromatic rings. The molecular formula is C17H17NO3. The number of carbonyl (C=O) groups excluding carboxylic acids is 1. The van der Waals surface area contributed by atoms with E-state index < -0.39 is 24.2 Å². The Kier molecular flexibility index (Phi) is 3.73. The van der Waals surface area contributed by atoms with Gasteiger partial charge in [-0.1, -0.05) is 54.6 Å². The molecule has 0 radical (unpaired) electrons. The van der Waals surface area contributed by atoms with Gasteiger partial charge < -0.3 is 15.5 Å². The first-order valence-electron chi connectivity index (χ1n) is 6.96. The molecule has 0 bridgehead atoms. The van der Waals surface area contributed by atoms with Crippen LogP contribution in [0.2, 0.25) is 0 Å². The van der Waals surface area contributed by atoms with E-state index in [2.05, 4.69) is 5.32 Å². The van der Waals surface area contributed by atoms with Gasteiger partial charge in [0.05, 0.1) is 12.1 Å². The third kappa shape index (κ3) is 2.68. The molecule has 0 aromatic heterocycles. The lowest BCUT2D eigenvalue weighted by Gasteiger charge is -2.20. The van der Waals surface area contributed by atoms with Crippen LogP contribution in [0.5, 0.6) is 0 Å². The SMILES string of the molecule is O=C(N[C@@H]1c2ccccc2C[C@H]1O)[C@H](O)c1ccccc1. The third-order valence-electron chi connectivity index (χ3n) is 3.87. The minimum atomic E-state index is -1.23. The summed E-state index contributed by atoms with van der Waals surface area (Å²) in [7, 11) is 0. The Labute approximate surface area is 123 Å². The van der Waals surface area contributed by atoms with E-state index in [1.165, 1.54) is 0 Å². The Morgan fingerprint density at radius 1 is 1.10 bits per heavy atom. The third-order valence-corrected chi connectivity index (χ3v) is 3.87. The number of benzene rings is 2. The topological polar surface area (TPSA) is 69.6 Å². The smallest absolute Gasteiger partial charge is 0.254 e. The number of hydrogen-bond donors (Lipinski definition) is 3. The van der Waals surface area contributed by atoms with Gasteiger partial charge in [-0.05, 0) is 16.7 Å². The van der Waals surface area contributed by atoms with Crippen LogP contribution in [0.15, 0.2) is 54.6 Å². The number of carbonyl (C=O) groups is 1. The van der Waals surface area contributed by atoms with Gasteiger partial charge in [0, 0.05) is 6.42 Å². The first-order valence-corrected chi connectivity index (χ1v) is 6.96. The lowest BCUT2D eigenvalue weighted by molar-refractivity contribution is -0.131. The molecule has 0 unspecified atom stereocenters. The van der Waals surface area contributed by atoms with E-state index in [0.29, 0.717) is 12.0 Å². The molecule has 2 aromatic carbocycles. The number of fused-ring (bicyclic) bond motifs is 1. The zero-order valence-electron chi connectivity index (χ0n) is 11.4. The van der Waals surface area contributed by atoms with Gasteiger partial charge in [0.2, 0.25) is 0 Å². The van der Waals surface area contributed by atoms with E-state index in [4.69, 9.17) is 0 Å². The molecule has 1 aliphatic carbocycles. The average molecular weight is 283 g/mol. The highest BCUT2D eigenvalue weighted by Gasteiger charge is 2.33. The number of rotatable bonds is 3. The quantitative estimate of drug-likeness (QED) is 0.799. The Morgan fingerprint density at radius 3 is 2.52 bits per heavy atom. The van der Waals surface area contributed by atoms with E-state index in [-0.39, 0.29) is 0 Å². The molecule has 0 spiro atoms. The predicted molar refractivity (Wildman–Crippen MR) is 78.4 cm³/mol.